The topological polar surface area (TPSA) is 62.3 Å². The lowest BCUT2D eigenvalue weighted by molar-refractivity contribution is -0.105. The second-order valence-corrected chi connectivity index (χ2v) is 6.14. The summed E-state index contributed by atoms with van der Waals surface area (Å²) >= 11 is 0. The maximum atomic E-state index is 12.5. The van der Waals surface area contributed by atoms with Crippen molar-refractivity contribution in [2.45, 2.75) is 12.6 Å². The first-order valence-corrected chi connectivity index (χ1v) is 8.21. The molecule has 1 aromatic carbocycles. The summed E-state index contributed by atoms with van der Waals surface area (Å²) in [7, 11) is 1.80. The minimum atomic E-state index is -0.312. The third-order valence-corrected chi connectivity index (χ3v) is 4.27. The number of urea groups is 1. The molecule has 0 unspecified atom stereocenters. The molecule has 0 spiro atoms. The number of piperazine rings is 1. The number of amides is 3. The van der Waals surface area contributed by atoms with Crippen LogP contribution >= 0.6 is 0 Å². The lowest BCUT2D eigenvalue weighted by Crippen LogP contribution is -2.54. The zero-order chi connectivity index (χ0) is 16.9. The van der Waals surface area contributed by atoms with Crippen molar-refractivity contribution in [3.05, 3.63) is 35.9 Å². The average molecular weight is 333 g/mol. The minimum Gasteiger partial charge on any atom is -0.441 e. The first-order chi connectivity index (χ1) is 11.6. The summed E-state index contributed by atoms with van der Waals surface area (Å²) in [5, 5.41) is 0. The molecule has 0 atom stereocenters. The first kappa shape index (κ1) is 16.6. The Hall–Kier alpha value is -2.28. The normalized spacial score (nSPS) is 18.0. The van der Waals surface area contributed by atoms with E-state index in [0.29, 0.717) is 45.9 Å². The summed E-state index contributed by atoms with van der Waals surface area (Å²) in [6.45, 7) is 3.57. The number of nitrogens with zero attached hydrogens (tertiary/aromatic N) is 3. The fourth-order valence-electron chi connectivity index (χ4n) is 2.75. The monoisotopic (exact) mass is 333 g/mol. The van der Waals surface area contributed by atoms with Crippen LogP contribution in [0.2, 0.25) is 0 Å². The van der Waals surface area contributed by atoms with Gasteiger partial charge in [0.25, 0.3) is 0 Å². The Bertz CT molecular complexity index is 568. The van der Waals surface area contributed by atoms with Crippen LogP contribution in [0.3, 0.4) is 0 Å². The number of rotatable bonds is 3. The Kier molecular flexibility index (Phi) is 5.20. The molecule has 2 aliphatic rings. The Morgan fingerprint density at radius 3 is 2.33 bits per heavy atom. The summed E-state index contributed by atoms with van der Waals surface area (Å²) in [6.07, 6.45) is -0.429. The third kappa shape index (κ3) is 3.97. The van der Waals surface area contributed by atoms with Crippen molar-refractivity contribution in [1.82, 2.24) is 14.7 Å². The van der Waals surface area contributed by atoms with Crippen LogP contribution in [0.4, 0.5) is 9.59 Å². The van der Waals surface area contributed by atoms with Gasteiger partial charge in [0, 0.05) is 39.8 Å². The van der Waals surface area contributed by atoms with Gasteiger partial charge in [-0.2, -0.15) is 0 Å². The van der Waals surface area contributed by atoms with Crippen LogP contribution in [0.25, 0.3) is 0 Å². The van der Waals surface area contributed by atoms with Crippen molar-refractivity contribution < 1.29 is 19.1 Å². The van der Waals surface area contributed by atoms with Gasteiger partial charge in [0.2, 0.25) is 0 Å². The summed E-state index contributed by atoms with van der Waals surface area (Å²) in [6, 6.07) is 9.87. The fraction of sp³-hybridized carbons (Fsp3) is 0.529. The van der Waals surface area contributed by atoms with Crippen molar-refractivity contribution in [3.8, 4) is 0 Å². The van der Waals surface area contributed by atoms with E-state index >= 15 is 0 Å². The molecular weight excluding hydrogens is 310 g/mol. The first-order valence-electron chi connectivity index (χ1n) is 8.21. The number of hydrogen-bond donors (Lipinski definition) is 0. The molecule has 24 heavy (non-hydrogen) atoms. The van der Waals surface area contributed by atoms with Gasteiger partial charge < -0.3 is 24.2 Å². The molecule has 2 aliphatic heterocycles. The molecule has 3 rings (SSSR count). The number of ether oxygens (including phenoxy) is 2. The van der Waals surface area contributed by atoms with Gasteiger partial charge in [-0.1, -0.05) is 30.3 Å². The van der Waals surface area contributed by atoms with E-state index in [1.807, 2.05) is 30.3 Å². The largest absolute Gasteiger partial charge is 0.441 e. The molecule has 0 N–H and O–H groups in total. The van der Waals surface area contributed by atoms with Crippen LogP contribution in [0, 0.1) is 0 Å². The van der Waals surface area contributed by atoms with E-state index in [1.54, 1.807) is 21.7 Å². The highest BCUT2D eigenvalue weighted by Crippen LogP contribution is 2.12. The Labute approximate surface area is 141 Å². The predicted molar refractivity (Wildman–Crippen MR) is 87.5 cm³/mol. The molecule has 1 aromatic rings. The van der Waals surface area contributed by atoms with E-state index < -0.39 is 0 Å². The summed E-state index contributed by atoms with van der Waals surface area (Å²) in [4.78, 5) is 29.6. The highest BCUT2D eigenvalue weighted by molar-refractivity contribution is 5.75. The van der Waals surface area contributed by atoms with Gasteiger partial charge in [-0.25, -0.2) is 9.59 Å². The van der Waals surface area contributed by atoms with E-state index in [-0.39, 0.29) is 18.2 Å². The van der Waals surface area contributed by atoms with Gasteiger partial charge in [0.15, 0.2) is 6.10 Å². The molecule has 2 saturated heterocycles. The average Bonchev–Trinajstić information content (AvgIpc) is 2.58. The quantitative estimate of drug-likeness (QED) is 0.839. The summed E-state index contributed by atoms with van der Waals surface area (Å²) < 4.78 is 10.3. The van der Waals surface area contributed by atoms with Crippen LogP contribution in [0.1, 0.15) is 5.56 Å². The van der Waals surface area contributed by atoms with Gasteiger partial charge in [0.1, 0.15) is 0 Å². The van der Waals surface area contributed by atoms with Crippen LogP contribution < -0.4 is 0 Å². The highest BCUT2D eigenvalue weighted by atomic mass is 16.6. The summed E-state index contributed by atoms with van der Waals surface area (Å²) in [5.41, 5.74) is 1.10. The highest BCUT2D eigenvalue weighted by Gasteiger charge is 2.30. The SMILES string of the molecule is CN(Cc1ccccc1)C(=O)N1CCN(C(=O)OC2COC2)CC1. The maximum absolute atomic E-state index is 12.5. The summed E-state index contributed by atoms with van der Waals surface area (Å²) in [5.74, 6) is 0. The Morgan fingerprint density at radius 1 is 1.12 bits per heavy atom. The number of carbonyl (C=O) groups is 2. The van der Waals surface area contributed by atoms with Crippen molar-refractivity contribution in [2.24, 2.45) is 0 Å². The lowest BCUT2D eigenvalue weighted by Gasteiger charge is -2.37. The molecule has 2 heterocycles. The predicted octanol–water partition coefficient (Wildman–Crippen LogP) is 1.39. The molecule has 3 amide bonds. The van der Waals surface area contributed by atoms with Gasteiger partial charge in [-0.05, 0) is 5.56 Å². The zero-order valence-electron chi connectivity index (χ0n) is 13.9. The van der Waals surface area contributed by atoms with Crippen LogP contribution in [0.5, 0.6) is 0 Å². The van der Waals surface area contributed by atoms with Crippen molar-refractivity contribution in [2.75, 3.05) is 46.4 Å². The van der Waals surface area contributed by atoms with E-state index in [9.17, 15) is 9.59 Å². The Morgan fingerprint density at radius 2 is 1.75 bits per heavy atom. The van der Waals surface area contributed by atoms with Gasteiger partial charge in [-0.3, -0.25) is 0 Å². The van der Waals surface area contributed by atoms with Crippen molar-refractivity contribution >= 4 is 12.1 Å². The molecule has 7 heteroatoms. The van der Waals surface area contributed by atoms with E-state index in [1.165, 1.54) is 0 Å². The van der Waals surface area contributed by atoms with E-state index in [4.69, 9.17) is 9.47 Å². The molecule has 0 bridgehead atoms. The zero-order valence-corrected chi connectivity index (χ0v) is 13.9. The van der Waals surface area contributed by atoms with Crippen molar-refractivity contribution in [1.29, 1.82) is 0 Å². The molecule has 7 nitrogen and oxygen atoms in total. The van der Waals surface area contributed by atoms with Crippen molar-refractivity contribution in [3.63, 3.8) is 0 Å². The van der Waals surface area contributed by atoms with Gasteiger partial charge >= 0.3 is 12.1 Å². The Balaban J connectivity index is 1.45. The molecule has 2 fully saturated rings. The molecule has 0 radical (unpaired) electrons. The number of benzene rings is 1. The van der Waals surface area contributed by atoms with Crippen LogP contribution in [-0.4, -0.2) is 79.4 Å². The molecule has 0 saturated carbocycles. The molecule has 130 valence electrons. The number of hydrogen-bond acceptors (Lipinski definition) is 4. The van der Waals surface area contributed by atoms with E-state index in [2.05, 4.69) is 0 Å². The second kappa shape index (κ2) is 7.53. The van der Waals surface area contributed by atoms with Gasteiger partial charge in [0.05, 0.1) is 13.2 Å². The molecule has 0 aliphatic carbocycles. The number of carbonyl (C=O) groups excluding carboxylic acids is 2. The molecule has 0 aromatic heterocycles. The standard InChI is InChI=1S/C17H23N3O4/c1-18(11-14-5-3-2-4-6-14)16(21)19-7-9-20(10-8-19)17(22)24-15-12-23-13-15/h2-6,15H,7-13H2,1H3. The fourth-order valence-corrected chi connectivity index (χ4v) is 2.75. The molecular formula is C17H23N3O4. The third-order valence-electron chi connectivity index (χ3n) is 4.27. The van der Waals surface area contributed by atoms with E-state index in [0.717, 1.165) is 5.56 Å². The lowest BCUT2D eigenvalue weighted by atomic mass is 10.2. The van der Waals surface area contributed by atoms with Crippen LogP contribution in [0.15, 0.2) is 30.3 Å². The maximum Gasteiger partial charge on any atom is 0.410 e. The van der Waals surface area contributed by atoms with Crippen LogP contribution in [-0.2, 0) is 16.0 Å². The minimum absolute atomic E-state index is 0.0146. The second-order valence-electron chi connectivity index (χ2n) is 6.14. The van der Waals surface area contributed by atoms with Gasteiger partial charge in [-0.15, -0.1) is 0 Å². The smallest absolute Gasteiger partial charge is 0.410 e.